The third-order valence-electron chi connectivity index (χ3n) is 3.84. The number of nitrogens with zero attached hydrogens (tertiary/aromatic N) is 1. The summed E-state index contributed by atoms with van der Waals surface area (Å²) in [5.74, 6) is 0.126. The van der Waals surface area contributed by atoms with E-state index >= 15 is 0 Å². The van der Waals surface area contributed by atoms with Crippen molar-refractivity contribution >= 4 is 17.3 Å². The summed E-state index contributed by atoms with van der Waals surface area (Å²) in [5.41, 5.74) is 0.600. The number of carbonyl (C=O) groups is 1. The molecule has 0 heterocycles. The number of nitro benzene ring substituents is 1. The van der Waals surface area contributed by atoms with Gasteiger partial charge in [-0.25, -0.2) is 0 Å². The predicted octanol–water partition coefficient (Wildman–Crippen LogP) is 3.19. The number of rotatable bonds is 7. The molecule has 0 bridgehead atoms. The van der Waals surface area contributed by atoms with E-state index in [1.165, 1.54) is 6.07 Å². The molecule has 2 N–H and O–H groups in total. The molecule has 1 amide bonds. The zero-order valence-corrected chi connectivity index (χ0v) is 13.0. The molecule has 0 saturated carbocycles. The Kier molecular flexibility index (Phi) is 6.14. The first-order valence-electron chi connectivity index (χ1n) is 7.21. The van der Waals surface area contributed by atoms with E-state index in [0.29, 0.717) is 17.2 Å². The van der Waals surface area contributed by atoms with Gasteiger partial charge in [0, 0.05) is 24.7 Å². The summed E-state index contributed by atoms with van der Waals surface area (Å²) in [4.78, 5) is 22.7. The van der Waals surface area contributed by atoms with Crippen molar-refractivity contribution in [3.8, 4) is 0 Å². The van der Waals surface area contributed by atoms with Crippen LogP contribution in [0.25, 0.3) is 0 Å². The highest BCUT2D eigenvalue weighted by Crippen LogP contribution is 2.25. The first-order valence-corrected chi connectivity index (χ1v) is 7.21. The minimum atomic E-state index is -0.493. The van der Waals surface area contributed by atoms with Gasteiger partial charge < -0.3 is 10.6 Å². The largest absolute Gasteiger partial charge is 0.383 e. The lowest BCUT2D eigenvalue weighted by molar-refractivity contribution is -0.384. The van der Waals surface area contributed by atoms with Gasteiger partial charge in [0.15, 0.2) is 0 Å². The Morgan fingerprint density at radius 3 is 2.43 bits per heavy atom. The first-order chi connectivity index (χ1) is 9.94. The molecular weight excluding hydrogens is 270 g/mol. The summed E-state index contributed by atoms with van der Waals surface area (Å²) in [7, 11) is 1.61. The Morgan fingerprint density at radius 2 is 1.95 bits per heavy atom. The fourth-order valence-corrected chi connectivity index (χ4v) is 2.44. The average molecular weight is 293 g/mol. The molecular formula is C15H23N3O3. The maximum absolute atomic E-state index is 12.2. The van der Waals surface area contributed by atoms with Crippen molar-refractivity contribution in [3.63, 3.8) is 0 Å². The van der Waals surface area contributed by atoms with E-state index in [1.807, 2.05) is 6.92 Å². The number of hydrogen-bond donors (Lipinski definition) is 2. The number of hydrogen-bond acceptors (Lipinski definition) is 4. The zero-order chi connectivity index (χ0) is 16.0. The van der Waals surface area contributed by atoms with Gasteiger partial charge >= 0.3 is 0 Å². The normalized spacial score (nSPS) is 12.0. The van der Waals surface area contributed by atoms with Crippen LogP contribution in [0.2, 0.25) is 0 Å². The molecule has 0 radical (unpaired) electrons. The van der Waals surface area contributed by atoms with Crippen LogP contribution in [0.5, 0.6) is 0 Å². The van der Waals surface area contributed by atoms with E-state index in [1.54, 1.807) is 19.2 Å². The van der Waals surface area contributed by atoms with Crippen molar-refractivity contribution in [2.45, 2.75) is 39.7 Å². The van der Waals surface area contributed by atoms with Crippen molar-refractivity contribution < 1.29 is 9.72 Å². The molecule has 0 aliphatic rings. The van der Waals surface area contributed by atoms with Crippen LogP contribution in [-0.4, -0.2) is 23.9 Å². The van der Waals surface area contributed by atoms with Gasteiger partial charge in [-0.15, -0.1) is 0 Å². The van der Waals surface area contributed by atoms with E-state index in [0.717, 1.165) is 12.8 Å². The van der Waals surface area contributed by atoms with Crippen molar-refractivity contribution in [1.82, 2.24) is 5.32 Å². The zero-order valence-electron chi connectivity index (χ0n) is 13.0. The van der Waals surface area contributed by atoms with Crippen LogP contribution in [0.4, 0.5) is 11.4 Å². The molecule has 116 valence electrons. The van der Waals surface area contributed by atoms with Crippen molar-refractivity contribution in [1.29, 1.82) is 0 Å². The van der Waals surface area contributed by atoms with E-state index in [-0.39, 0.29) is 17.6 Å². The van der Waals surface area contributed by atoms with Gasteiger partial charge in [-0.05, 0) is 25.0 Å². The standard InChI is InChI=1S/C15H23N3O3/c1-5-11(6-2)10(3)17-15(19)12-7-8-13(16-4)14(9-12)18(20)21/h7-11,16H,5-6H2,1-4H3,(H,17,19). The SMILES string of the molecule is CCC(CC)C(C)NC(=O)c1ccc(NC)c([N+](=O)[O-])c1. The number of amides is 1. The number of nitro groups is 1. The molecule has 1 unspecified atom stereocenters. The van der Waals surface area contributed by atoms with Crippen molar-refractivity contribution in [3.05, 3.63) is 33.9 Å². The van der Waals surface area contributed by atoms with Gasteiger partial charge in [0.1, 0.15) is 5.69 Å². The Morgan fingerprint density at radius 1 is 1.33 bits per heavy atom. The number of carbonyl (C=O) groups excluding carboxylic acids is 1. The molecule has 0 spiro atoms. The second kappa shape index (κ2) is 7.61. The van der Waals surface area contributed by atoms with Gasteiger partial charge in [0.25, 0.3) is 11.6 Å². The van der Waals surface area contributed by atoms with Crippen LogP contribution in [0, 0.1) is 16.0 Å². The maximum Gasteiger partial charge on any atom is 0.293 e. The molecule has 0 aromatic heterocycles. The molecule has 1 rings (SSSR count). The van der Waals surface area contributed by atoms with Gasteiger partial charge in [-0.2, -0.15) is 0 Å². The third-order valence-corrected chi connectivity index (χ3v) is 3.84. The van der Waals surface area contributed by atoms with E-state index < -0.39 is 4.92 Å². The summed E-state index contributed by atoms with van der Waals surface area (Å²) < 4.78 is 0. The van der Waals surface area contributed by atoms with Crippen LogP contribution in [0.1, 0.15) is 44.0 Å². The molecule has 21 heavy (non-hydrogen) atoms. The van der Waals surface area contributed by atoms with Gasteiger partial charge in [0.2, 0.25) is 0 Å². The molecule has 1 aromatic rings. The highest BCUT2D eigenvalue weighted by atomic mass is 16.6. The molecule has 0 saturated heterocycles. The van der Waals surface area contributed by atoms with Crippen molar-refractivity contribution in [2.24, 2.45) is 5.92 Å². The topological polar surface area (TPSA) is 84.3 Å². The molecule has 0 aliphatic carbocycles. The third kappa shape index (κ3) is 4.18. The molecule has 1 atom stereocenters. The lowest BCUT2D eigenvalue weighted by Gasteiger charge is -2.22. The number of nitrogens with one attached hydrogen (secondary N) is 2. The fourth-order valence-electron chi connectivity index (χ4n) is 2.44. The highest BCUT2D eigenvalue weighted by molar-refractivity contribution is 5.95. The minimum absolute atomic E-state index is 0.0375. The van der Waals surface area contributed by atoms with E-state index in [9.17, 15) is 14.9 Å². The summed E-state index contributed by atoms with van der Waals surface area (Å²) in [5, 5.41) is 16.7. The Labute approximate surface area is 125 Å². The smallest absolute Gasteiger partial charge is 0.293 e. The molecule has 0 fully saturated rings. The van der Waals surface area contributed by atoms with Crippen LogP contribution in [0.15, 0.2) is 18.2 Å². The summed E-state index contributed by atoms with van der Waals surface area (Å²) >= 11 is 0. The monoisotopic (exact) mass is 293 g/mol. The first kappa shape index (κ1) is 16.9. The van der Waals surface area contributed by atoms with Gasteiger partial charge in [-0.3, -0.25) is 14.9 Å². The number of benzene rings is 1. The fraction of sp³-hybridized carbons (Fsp3) is 0.533. The average Bonchev–Trinajstić information content (AvgIpc) is 2.47. The molecule has 6 nitrogen and oxygen atoms in total. The predicted molar refractivity (Wildman–Crippen MR) is 83.6 cm³/mol. The molecule has 6 heteroatoms. The Hall–Kier alpha value is -2.11. The Bertz CT molecular complexity index is 513. The van der Waals surface area contributed by atoms with Crippen LogP contribution >= 0.6 is 0 Å². The second-order valence-corrected chi connectivity index (χ2v) is 5.08. The lowest BCUT2D eigenvalue weighted by atomic mass is 9.95. The highest BCUT2D eigenvalue weighted by Gasteiger charge is 2.20. The van der Waals surface area contributed by atoms with Crippen LogP contribution in [0.3, 0.4) is 0 Å². The van der Waals surface area contributed by atoms with Gasteiger partial charge in [0.05, 0.1) is 4.92 Å². The minimum Gasteiger partial charge on any atom is -0.383 e. The number of anilines is 1. The quantitative estimate of drug-likeness (QED) is 0.597. The van der Waals surface area contributed by atoms with Crippen molar-refractivity contribution in [2.75, 3.05) is 12.4 Å². The lowest BCUT2D eigenvalue weighted by Crippen LogP contribution is -2.37. The van der Waals surface area contributed by atoms with Crippen LogP contribution in [-0.2, 0) is 0 Å². The van der Waals surface area contributed by atoms with Gasteiger partial charge in [-0.1, -0.05) is 26.7 Å². The summed E-state index contributed by atoms with van der Waals surface area (Å²) in [6, 6.07) is 4.49. The molecule has 0 aliphatic heterocycles. The van der Waals surface area contributed by atoms with E-state index in [4.69, 9.17) is 0 Å². The molecule has 1 aromatic carbocycles. The Balaban J connectivity index is 2.93. The summed E-state index contributed by atoms with van der Waals surface area (Å²) in [6.45, 7) is 6.14. The second-order valence-electron chi connectivity index (χ2n) is 5.08. The van der Waals surface area contributed by atoms with Crippen LogP contribution < -0.4 is 10.6 Å². The maximum atomic E-state index is 12.2. The van der Waals surface area contributed by atoms with E-state index in [2.05, 4.69) is 24.5 Å². The summed E-state index contributed by atoms with van der Waals surface area (Å²) in [6.07, 6.45) is 1.97.